The van der Waals surface area contributed by atoms with E-state index in [1.54, 1.807) is 0 Å². The van der Waals surface area contributed by atoms with Crippen LogP contribution in [0.25, 0.3) is 0 Å². The van der Waals surface area contributed by atoms with Gasteiger partial charge in [0.2, 0.25) is 0 Å². The average Bonchev–Trinajstić information content (AvgIpc) is 3.12. The van der Waals surface area contributed by atoms with Gasteiger partial charge >= 0.3 is 11.9 Å². The lowest BCUT2D eigenvalue weighted by Crippen LogP contribution is -2.37. The molecule has 7 heteroatoms. The number of unbranched alkanes of at least 4 members (excludes halogenated alkanes) is 16. The molecule has 0 bridgehead atoms. The van der Waals surface area contributed by atoms with E-state index in [1.165, 1.54) is 134 Å². The molecule has 0 aliphatic carbocycles. The lowest BCUT2D eigenvalue weighted by atomic mass is 9.97. The van der Waals surface area contributed by atoms with E-state index in [2.05, 4.69) is 32.6 Å². The average molecular weight is 766 g/mol. The first kappa shape index (κ1) is 49.9. The van der Waals surface area contributed by atoms with E-state index in [9.17, 15) is 14.4 Å². The van der Waals surface area contributed by atoms with E-state index in [4.69, 9.17) is 9.47 Å². The highest BCUT2D eigenvalue weighted by Gasteiger charge is 2.22. The normalized spacial score (nSPS) is 13.3. The number of hydrogen-bond donors (Lipinski definition) is 0. The van der Waals surface area contributed by atoms with Gasteiger partial charge in [0.1, 0.15) is 12.2 Å². The number of esters is 2. The van der Waals surface area contributed by atoms with Crippen molar-refractivity contribution >= 4 is 28.8 Å². The Balaban J connectivity index is 2.65. The van der Waals surface area contributed by atoms with E-state index in [0.29, 0.717) is 38.5 Å². The Bertz CT molecular complexity index is 785. The third kappa shape index (κ3) is 29.8. The van der Waals surface area contributed by atoms with Crippen LogP contribution in [0.15, 0.2) is 0 Å². The summed E-state index contributed by atoms with van der Waals surface area (Å²) in [6.45, 7) is 12.4. The van der Waals surface area contributed by atoms with Crippen molar-refractivity contribution in [2.24, 2.45) is 5.92 Å². The quantitative estimate of drug-likeness (QED) is 0.0456. The van der Waals surface area contributed by atoms with Gasteiger partial charge in [-0.05, 0) is 110 Å². The van der Waals surface area contributed by atoms with Gasteiger partial charge in [-0.15, -0.1) is 0 Å². The molecule has 0 aromatic heterocycles. The molecule has 1 heterocycles. The fourth-order valence-corrected chi connectivity index (χ4v) is 8.41. The zero-order valence-electron chi connectivity index (χ0n) is 35.6. The van der Waals surface area contributed by atoms with Crippen LogP contribution in [0.4, 0.5) is 0 Å². The Hall–Kier alpha value is -1.08. The van der Waals surface area contributed by atoms with Crippen molar-refractivity contribution in [2.75, 3.05) is 25.4 Å². The predicted octanol–water partition coefficient (Wildman–Crippen LogP) is 13.6. The minimum atomic E-state index is -0.134. The van der Waals surface area contributed by atoms with Crippen LogP contribution in [0.5, 0.6) is 0 Å². The first-order valence-electron chi connectivity index (χ1n) is 23.2. The van der Waals surface area contributed by atoms with E-state index >= 15 is 0 Å². The molecule has 53 heavy (non-hydrogen) atoms. The van der Waals surface area contributed by atoms with Gasteiger partial charge in [-0.2, -0.15) is 0 Å². The molecule has 6 nitrogen and oxygen atoms in total. The van der Waals surface area contributed by atoms with Crippen LogP contribution < -0.4 is 0 Å². The number of thioether (sulfide) groups is 1. The van der Waals surface area contributed by atoms with Gasteiger partial charge in [0, 0.05) is 24.5 Å². The summed E-state index contributed by atoms with van der Waals surface area (Å²) < 4.78 is 12.1. The Morgan fingerprint density at radius 2 is 0.868 bits per heavy atom. The molecule has 1 aliphatic rings. The van der Waals surface area contributed by atoms with E-state index in [-0.39, 0.29) is 35.2 Å². The molecule has 312 valence electrons. The van der Waals surface area contributed by atoms with E-state index in [1.807, 2.05) is 0 Å². The van der Waals surface area contributed by atoms with Gasteiger partial charge < -0.3 is 14.4 Å². The lowest BCUT2D eigenvalue weighted by Gasteiger charge is -2.30. The fourth-order valence-electron chi connectivity index (χ4n) is 7.47. The first-order valence-corrected chi connectivity index (χ1v) is 24.2. The van der Waals surface area contributed by atoms with Crippen LogP contribution in [0.1, 0.15) is 233 Å². The molecule has 0 spiro atoms. The monoisotopic (exact) mass is 766 g/mol. The maximum atomic E-state index is 13.5. The zero-order chi connectivity index (χ0) is 38.6. The van der Waals surface area contributed by atoms with Gasteiger partial charge in [0.15, 0.2) is 5.12 Å². The second-order valence-electron chi connectivity index (χ2n) is 16.2. The fraction of sp³-hybridized carbons (Fsp3) is 0.935. The summed E-state index contributed by atoms with van der Waals surface area (Å²) in [4.78, 5) is 42.1. The number of nitrogens with zero attached hydrogens (tertiary/aromatic N) is 1. The van der Waals surface area contributed by atoms with Gasteiger partial charge in [-0.1, -0.05) is 142 Å². The van der Waals surface area contributed by atoms with Gasteiger partial charge in [0.05, 0.1) is 0 Å². The highest BCUT2D eigenvalue weighted by atomic mass is 32.2. The highest BCUT2D eigenvalue weighted by molar-refractivity contribution is 8.13. The molecule has 1 rings (SSSR count). The number of carbonyl (C=O) groups is 3. The third-order valence-electron chi connectivity index (χ3n) is 11.1. The van der Waals surface area contributed by atoms with Gasteiger partial charge in [-0.25, -0.2) is 0 Å². The second kappa shape index (κ2) is 36.6. The SMILES string of the molecule is CCCCCCCC(CCCCCCC)OC(=O)CCCC(CCCC(=O)OC(CCCCCCC)CCCCCCC)C(=O)SCCCN1CCC1. The summed E-state index contributed by atoms with van der Waals surface area (Å²) >= 11 is 1.46. The molecule has 0 atom stereocenters. The van der Waals surface area contributed by atoms with Crippen LogP contribution in [0.2, 0.25) is 0 Å². The Kier molecular flexibility index (Phi) is 34.4. The molecule has 0 amide bonds. The number of hydrogen-bond acceptors (Lipinski definition) is 7. The summed E-state index contributed by atoms with van der Waals surface area (Å²) in [5, 5.41) is 0.226. The predicted molar refractivity (Wildman–Crippen MR) is 228 cm³/mol. The van der Waals surface area contributed by atoms with Crippen LogP contribution in [0, 0.1) is 5.92 Å². The number of rotatable bonds is 39. The summed E-state index contributed by atoms with van der Waals surface area (Å²) in [6.07, 6.45) is 34.1. The molecule has 0 radical (unpaired) electrons. The molecule has 1 saturated heterocycles. The van der Waals surface area contributed by atoms with E-state index in [0.717, 1.165) is 70.1 Å². The van der Waals surface area contributed by atoms with Crippen LogP contribution in [-0.2, 0) is 23.9 Å². The largest absolute Gasteiger partial charge is 0.462 e. The molecule has 0 saturated carbocycles. The summed E-state index contributed by atoms with van der Waals surface area (Å²) in [7, 11) is 0. The molecular weight excluding hydrogens is 679 g/mol. The highest BCUT2D eigenvalue weighted by Crippen LogP contribution is 2.26. The maximum absolute atomic E-state index is 13.5. The minimum Gasteiger partial charge on any atom is -0.462 e. The van der Waals surface area contributed by atoms with Crippen molar-refractivity contribution in [3.05, 3.63) is 0 Å². The zero-order valence-corrected chi connectivity index (χ0v) is 36.4. The van der Waals surface area contributed by atoms with Gasteiger partial charge in [-0.3, -0.25) is 14.4 Å². The molecule has 0 aromatic carbocycles. The van der Waals surface area contributed by atoms with Crippen molar-refractivity contribution in [3.63, 3.8) is 0 Å². The van der Waals surface area contributed by atoms with E-state index < -0.39 is 0 Å². The smallest absolute Gasteiger partial charge is 0.306 e. The summed E-state index contributed by atoms with van der Waals surface area (Å²) in [5.41, 5.74) is 0. The second-order valence-corrected chi connectivity index (χ2v) is 17.3. The Morgan fingerprint density at radius 1 is 0.491 bits per heavy atom. The number of carbonyl (C=O) groups excluding carboxylic acids is 3. The molecule has 0 unspecified atom stereocenters. The standard InChI is InChI=1S/C46H87NO5S/c1-5-9-13-17-21-31-42(32-22-18-14-10-6-2)51-44(48)35-25-29-41(46(50)53-40-28-39-47-37-27-38-47)30-26-36-45(49)52-43(33-23-19-15-11-7-3)34-24-20-16-12-8-4/h41-43H,5-40H2,1-4H3. The van der Waals surface area contributed by atoms with Crippen molar-refractivity contribution in [1.82, 2.24) is 4.90 Å². The van der Waals surface area contributed by atoms with Gasteiger partial charge in [0.25, 0.3) is 0 Å². The van der Waals surface area contributed by atoms with Crippen molar-refractivity contribution < 1.29 is 23.9 Å². The molecular formula is C46H87NO5S. The minimum absolute atomic E-state index is 0.0210. The third-order valence-corrected chi connectivity index (χ3v) is 12.2. The summed E-state index contributed by atoms with van der Waals surface area (Å²) in [5.74, 6) is 0.492. The number of ether oxygens (including phenoxy) is 2. The van der Waals surface area contributed by atoms with Crippen molar-refractivity contribution in [3.8, 4) is 0 Å². The molecule has 1 aliphatic heterocycles. The van der Waals surface area contributed by atoms with Crippen LogP contribution in [-0.4, -0.2) is 59.5 Å². The summed E-state index contributed by atoms with van der Waals surface area (Å²) in [6, 6.07) is 0. The molecule has 0 aromatic rings. The Labute approximate surface area is 333 Å². The first-order chi connectivity index (χ1) is 25.9. The van der Waals surface area contributed by atoms with Crippen molar-refractivity contribution in [1.29, 1.82) is 0 Å². The number of likely N-dealkylation sites (tertiary alicyclic amines) is 1. The lowest BCUT2D eigenvalue weighted by molar-refractivity contribution is -0.150. The Morgan fingerprint density at radius 3 is 1.21 bits per heavy atom. The topological polar surface area (TPSA) is 72.9 Å². The molecule has 1 fully saturated rings. The molecule has 0 N–H and O–H groups in total. The van der Waals surface area contributed by atoms with Crippen LogP contribution in [0.3, 0.4) is 0 Å². The van der Waals surface area contributed by atoms with Crippen molar-refractivity contribution in [2.45, 2.75) is 245 Å². The maximum Gasteiger partial charge on any atom is 0.306 e. The van der Waals surface area contributed by atoms with Crippen LogP contribution >= 0.6 is 11.8 Å².